The zero-order valence-electron chi connectivity index (χ0n) is 10.3. The standard InChI is InChI=1S/C14H13BrN2O2/c15-12-4-2-1-3-11(12)13-16-14(19-17-13)9-5-7-10(18)8-6-9/h1-4,9H,5-8H2. The highest BCUT2D eigenvalue weighted by atomic mass is 79.9. The molecule has 5 heteroatoms. The number of aromatic nitrogens is 2. The van der Waals surface area contributed by atoms with Gasteiger partial charge in [-0.05, 0) is 25.0 Å². The van der Waals surface area contributed by atoms with E-state index in [2.05, 4.69) is 26.1 Å². The molecule has 1 aliphatic carbocycles. The van der Waals surface area contributed by atoms with Crippen LogP contribution >= 0.6 is 15.9 Å². The molecule has 0 bridgehead atoms. The van der Waals surface area contributed by atoms with Gasteiger partial charge in [0, 0.05) is 28.8 Å². The second kappa shape index (κ2) is 5.25. The van der Waals surface area contributed by atoms with Gasteiger partial charge in [-0.1, -0.05) is 33.2 Å². The van der Waals surface area contributed by atoms with Gasteiger partial charge >= 0.3 is 0 Å². The van der Waals surface area contributed by atoms with E-state index in [4.69, 9.17) is 4.52 Å². The number of nitrogens with zero attached hydrogens (tertiary/aromatic N) is 2. The highest BCUT2D eigenvalue weighted by molar-refractivity contribution is 9.10. The summed E-state index contributed by atoms with van der Waals surface area (Å²) in [6.45, 7) is 0. The van der Waals surface area contributed by atoms with Crippen molar-refractivity contribution in [1.29, 1.82) is 0 Å². The van der Waals surface area contributed by atoms with Crippen molar-refractivity contribution in [3.05, 3.63) is 34.6 Å². The van der Waals surface area contributed by atoms with E-state index in [1.54, 1.807) is 0 Å². The zero-order valence-corrected chi connectivity index (χ0v) is 11.9. The van der Waals surface area contributed by atoms with Crippen molar-refractivity contribution in [3.63, 3.8) is 0 Å². The molecule has 0 saturated heterocycles. The van der Waals surface area contributed by atoms with Crippen LogP contribution in [0.2, 0.25) is 0 Å². The summed E-state index contributed by atoms with van der Waals surface area (Å²) in [5, 5.41) is 4.04. The smallest absolute Gasteiger partial charge is 0.230 e. The summed E-state index contributed by atoms with van der Waals surface area (Å²) in [7, 11) is 0. The highest BCUT2D eigenvalue weighted by Gasteiger charge is 2.25. The van der Waals surface area contributed by atoms with E-state index in [0.717, 1.165) is 22.9 Å². The summed E-state index contributed by atoms with van der Waals surface area (Å²) in [4.78, 5) is 15.7. The summed E-state index contributed by atoms with van der Waals surface area (Å²) in [6, 6.07) is 7.78. The molecule has 2 aromatic rings. The van der Waals surface area contributed by atoms with Crippen molar-refractivity contribution in [1.82, 2.24) is 10.1 Å². The molecule has 0 aliphatic heterocycles. The first-order chi connectivity index (χ1) is 9.24. The maximum atomic E-state index is 11.2. The molecule has 1 aromatic heterocycles. The summed E-state index contributed by atoms with van der Waals surface area (Å²) >= 11 is 3.48. The third-order valence-electron chi connectivity index (χ3n) is 3.45. The molecule has 0 spiro atoms. The molecule has 0 atom stereocenters. The normalized spacial score (nSPS) is 16.8. The lowest BCUT2D eigenvalue weighted by molar-refractivity contribution is -0.120. The molecule has 19 heavy (non-hydrogen) atoms. The number of hydrogen-bond acceptors (Lipinski definition) is 4. The maximum absolute atomic E-state index is 11.2. The lowest BCUT2D eigenvalue weighted by Crippen LogP contribution is -2.12. The first-order valence-electron chi connectivity index (χ1n) is 6.34. The van der Waals surface area contributed by atoms with E-state index in [-0.39, 0.29) is 5.92 Å². The Morgan fingerprint density at radius 2 is 1.95 bits per heavy atom. The van der Waals surface area contributed by atoms with E-state index in [1.165, 1.54) is 0 Å². The minimum Gasteiger partial charge on any atom is -0.339 e. The van der Waals surface area contributed by atoms with E-state index < -0.39 is 0 Å². The van der Waals surface area contributed by atoms with Gasteiger partial charge in [-0.25, -0.2) is 0 Å². The summed E-state index contributed by atoms with van der Waals surface area (Å²) in [5.41, 5.74) is 0.921. The highest BCUT2D eigenvalue weighted by Crippen LogP contribution is 2.32. The van der Waals surface area contributed by atoms with Gasteiger partial charge in [0.2, 0.25) is 11.7 Å². The molecule has 1 aliphatic rings. The number of carbonyl (C=O) groups excluding carboxylic acids is 1. The molecule has 4 nitrogen and oxygen atoms in total. The van der Waals surface area contributed by atoms with Crippen LogP contribution in [0.25, 0.3) is 11.4 Å². The van der Waals surface area contributed by atoms with Crippen LogP contribution in [0.5, 0.6) is 0 Å². The molecular formula is C14H13BrN2O2. The number of Topliss-reactive ketones (excluding diaryl/α,β-unsaturated/α-hetero) is 1. The monoisotopic (exact) mass is 320 g/mol. The van der Waals surface area contributed by atoms with Gasteiger partial charge in [0.1, 0.15) is 5.78 Å². The summed E-state index contributed by atoms with van der Waals surface area (Å²) in [5.74, 6) is 1.81. The Labute approximate surface area is 119 Å². The molecule has 0 amide bonds. The second-order valence-electron chi connectivity index (χ2n) is 4.75. The van der Waals surface area contributed by atoms with Gasteiger partial charge < -0.3 is 4.52 Å². The fourth-order valence-corrected chi connectivity index (χ4v) is 2.80. The average molecular weight is 321 g/mol. The van der Waals surface area contributed by atoms with Crippen LogP contribution in [0.4, 0.5) is 0 Å². The topological polar surface area (TPSA) is 56.0 Å². The third-order valence-corrected chi connectivity index (χ3v) is 4.14. The Balaban J connectivity index is 1.84. The van der Waals surface area contributed by atoms with Crippen molar-refractivity contribution >= 4 is 21.7 Å². The van der Waals surface area contributed by atoms with Gasteiger partial charge in [0.05, 0.1) is 0 Å². The molecule has 0 N–H and O–H groups in total. The predicted octanol–water partition coefficient (Wildman–Crippen LogP) is 3.73. The predicted molar refractivity (Wildman–Crippen MR) is 73.7 cm³/mol. The quantitative estimate of drug-likeness (QED) is 0.846. The fourth-order valence-electron chi connectivity index (χ4n) is 2.34. The minimum atomic E-state index is 0.224. The second-order valence-corrected chi connectivity index (χ2v) is 5.60. The molecule has 0 unspecified atom stereocenters. The molecular weight excluding hydrogens is 308 g/mol. The van der Waals surface area contributed by atoms with Gasteiger partial charge in [-0.2, -0.15) is 4.98 Å². The van der Waals surface area contributed by atoms with E-state index in [1.807, 2.05) is 24.3 Å². The summed E-state index contributed by atoms with van der Waals surface area (Å²) in [6.07, 6.45) is 2.88. The Hall–Kier alpha value is -1.49. The number of benzene rings is 1. The van der Waals surface area contributed by atoms with Crippen molar-refractivity contribution in [3.8, 4) is 11.4 Å². The first-order valence-corrected chi connectivity index (χ1v) is 7.13. The number of hydrogen-bond donors (Lipinski definition) is 0. The molecule has 1 heterocycles. The number of carbonyl (C=O) groups is 1. The van der Waals surface area contributed by atoms with Crippen molar-refractivity contribution in [2.75, 3.05) is 0 Å². The third kappa shape index (κ3) is 2.61. The minimum absolute atomic E-state index is 0.224. The molecule has 1 aromatic carbocycles. The largest absolute Gasteiger partial charge is 0.339 e. The number of rotatable bonds is 2. The Bertz CT molecular complexity index is 599. The summed E-state index contributed by atoms with van der Waals surface area (Å²) < 4.78 is 6.30. The van der Waals surface area contributed by atoms with Crippen molar-refractivity contribution in [2.45, 2.75) is 31.6 Å². The van der Waals surface area contributed by atoms with Crippen LogP contribution in [0.15, 0.2) is 33.3 Å². The van der Waals surface area contributed by atoms with Crippen LogP contribution in [0, 0.1) is 0 Å². The Morgan fingerprint density at radius 3 is 2.68 bits per heavy atom. The average Bonchev–Trinajstić information content (AvgIpc) is 2.89. The van der Waals surface area contributed by atoms with E-state index in [9.17, 15) is 4.79 Å². The Morgan fingerprint density at radius 1 is 1.21 bits per heavy atom. The fraction of sp³-hybridized carbons (Fsp3) is 0.357. The number of ketones is 1. The lowest BCUT2D eigenvalue weighted by atomic mass is 9.88. The van der Waals surface area contributed by atoms with Gasteiger partial charge in [-0.3, -0.25) is 4.79 Å². The van der Waals surface area contributed by atoms with Crippen LogP contribution in [-0.4, -0.2) is 15.9 Å². The Kier molecular flexibility index (Phi) is 3.46. The van der Waals surface area contributed by atoms with Crippen molar-refractivity contribution in [2.24, 2.45) is 0 Å². The molecule has 3 rings (SSSR count). The van der Waals surface area contributed by atoms with Crippen LogP contribution in [0.3, 0.4) is 0 Å². The number of halogens is 1. The zero-order chi connectivity index (χ0) is 13.2. The maximum Gasteiger partial charge on any atom is 0.230 e. The van der Waals surface area contributed by atoms with E-state index in [0.29, 0.717) is 30.3 Å². The van der Waals surface area contributed by atoms with Crippen molar-refractivity contribution < 1.29 is 9.32 Å². The first kappa shape index (κ1) is 12.5. The van der Waals surface area contributed by atoms with Gasteiger partial charge in [-0.15, -0.1) is 0 Å². The van der Waals surface area contributed by atoms with Crippen LogP contribution in [0.1, 0.15) is 37.5 Å². The SMILES string of the molecule is O=C1CCC(c2nc(-c3ccccc3Br)no2)CC1. The van der Waals surface area contributed by atoms with Gasteiger partial charge in [0.15, 0.2) is 0 Å². The molecule has 98 valence electrons. The lowest BCUT2D eigenvalue weighted by Gasteiger charge is -2.16. The van der Waals surface area contributed by atoms with Crippen LogP contribution in [-0.2, 0) is 4.79 Å². The van der Waals surface area contributed by atoms with Gasteiger partial charge in [0.25, 0.3) is 0 Å². The molecule has 1 saturated carbocycles. The molecule has 0 radical (unpaired) electrons. The molecule has 1 fully saturated rings. The van der Waals surface area contributed by atoms with E-state index >= 15 is 0 Å². The van der Waals surface area contributed by atoms with Crippen LogP contribution < -0.4 is 0 Å².